The van der Waals surface area contributed by atoms with E-state index in [0.717, 1.165) is 22.0 Å². The SMILES string of the molecule is C[C@H]1[C@H](NC(=O)CSc2nc3c(c(=O)n(C)c(=O)n3C)n2C)C(=O)N(c2ccccc2)N1C. The van der Waals surface area contributed by atoms with Crippen molar-refractivity contribution in [3.8, 4) is 0 Å². The Balaban J connectivity index is 1.50. The third-order valence-electron chi connectivity index (χ3n) is 5.95. The number of likely N-dealkylation sites (N-methyl/N-ethyl adjacent to an activating group) is 1. The number of carbonyl (C=O) groups is 2. The van der Waals surface area contributed by atoms with E-state index in [1.165, 1.54) is 11.6 Å². The van der Waals surface area contributed by atoms with E-state index in [-0.39, 0.29) is 34.8 Å². The predicted molar refractivity (Wildman–Crippen MR) is 125 cm³/mol. The minimum Gasteiger partial charge on any atom is -0.342 e. The van der Waals surface area contributed by atoms with Crippen molar-refractivity contribution < 1.29 is 9.59 Å². The maximum atomic E-state index is 13.0. The van der Waals surface area contributed by atoms with Crippen LogP contribution in [0, 0.1) is 0 Å². The normalized spacial score (nSPS) is 18.9. The third-order valence-corrected chi connectivity index (χ3v) is 6.98. The number of carbonyl (C=O) groups excluding carboxylic acids is 2. The summed E-state index contributed by atoms with van der Waals surface area (Å²) in [6.45, 7) is 1.88. The van der Waals surface area contributed by atoms with Gasteiger partial charge in [-0.2, -0.15) is 0 Å². The van der Waals surface area contributed by atoms with E-state index in [2.05, 4.69) is 10.3 Å². The van der Waals surface area contributed by atoms with Crippen molar-refractivity contribution in [2.75, 3.05) is 17.8 Å². The number of aromatic nitrogens is 4. The third kappa shape index (κ3) is 3.74. The van der Waals surface area contributed by atoms with Gasteiger partial charge in [-0.25, -0.2) is 19.8 Å². The number of nitrogens with one attached hydrogen (secondary N) is 1. The second-order valence-electron chi connectivity index (χ2n) is 7.97. The van der Waals surface area contributed by atoms with E-state index in [1.807, 2.05) is 37.3 Å². The molecule has 0 aliphatic carbocycles. The van der Waals surface area contributed by atoms with Crippen LogP contribution in [0.1, 0.15) is 6.92 Å². The Morgan fingerprint density at radius 2 is 1.70 bits per heavy atom. The number of rotatable bonds is 5. The molecular weight excluding hydrogens is 446 g/mol. The summed E-state index contributed by atoms with van der Waals surface area (Å²) in [6, 6.07) is 8.32. The van der Waals surface area contributed by atoms with Gasteiger partial charge in [0, 0.05) is 28.2 Å². The summed E-state index contributed by atoms with van der Waals surface area (Å²) in [5.74, 6) is -0.546. The second kappa shape index (κ2) is 8.52. The molecule has 2 aromatic heterocycles. The summed E-state index contributed by atoms with van der Waals surface area (Å²) < 4.78 is 3.89. The van der Waals surface area contributed by atoms with E-state index in [4.69, 9.17) is 0 Å². The highest BCUT2D eigenvalue weighted by atomic mass is 32.2. The quantitative estimate of drug-likeness (QED) is 0.514. The first-order chi connectivity index (χ1) is 15.6. The maximum Gasteiger partial charge on any atom is 0.332 e. The summed E-state index contributed by atoms with van der Waals surface area (Å²) >= 11 is 1.13. The highest BCUT2D eigenvalue weighted by Crippen LogP contribution is 2.26. The van der Waals surface area contributed by atoms with Gasteiger partial charge in [-0.1, -0.05) is 30.0 Å². The molecule has 4 rings (SSSR count). The summed E-state index contributed by atoms with van der Waals surface area (Å²) in [6.07, 6.45) is 0. The van der Waals surface area contributed by atoms with E-state index in [1.54, 1.807) is 35.7 Å². The zero-order chi connectivity index (χ0) is 24.0. The van der Waals surface area contributed by atoms with Gasteiger partial charge in [0.15, 0.2) is 16.3 Å². The lowest BCUT2D eigenvalue weighted by Crippen LogP contribution is -2.46. The largest absolute Gasteiger partial charge is 0.342 e. The van der Waals surface area contributed by atoms with Crippen molar-refractivity contribution in [2.24, 2.45) is 21.1 Å². The number of anilines is 1. The lowest BCUT2D eigenvalue weighted by atomic mass is 10.1. The van der Waals surface area contributed by atoms with E-state index in [9.17, 15) is 19.2 Å². The van der Waals surface area contributed by atoms with E-state index in [0.29, 0.717) is 5.16 Å². The molecule has 174 valence electrons. The molecule has 3 aromatic rings. The molecule has 1 fully saturated rings. The average molecular weight is 472 g/mol. The minimum absolute atomic E-state index is 0.00300. The average Bonchev–Trinajstić information content (AvgIpc) is 3.24. The summed E-state index contributed by atoms with van der Waals surface area (Å²) in [5, 5.41) is 6.61. The molecule has 33 heavy (non-hydrogen) atoms. The molecule has 3 heterocycles. The van der Waals surface area contributed by atoms with Crippen molar-refractivity contribution in [1.82, 2.24) is 29.0 Å². The first kappa shape index (κ1) is 22.8. The van der Waals surface area contributed by atoms with Crippen LogP contribution in [-0.4, -0.2) is 60.4 Å². The molecule has 12 heteroatoms. The summed E-state index contributed by atoms with van der Waals surface area (Å²) in [7, 11) is 6.42. The summed E-state index contributed by atoms with van der Waals surface area (Å²) in [5.41, 5.74) is 0.347. The molecule has 1 aromatic carbocycles. The Kier molecular flexibility index (Phi) is 5.89. The number of imidazole rings is 1. The van der Waals surface area contributed by atoms with Crippen LogP contribution >= 0.6 is 11.8 Å². The highest BCUT2D eigenvalue weighted by Gasteiger charge is 2.43. The lowest BCUT2D eigenvalue weighted by molar-refractivity contribution is -0.125. The molecule has 1 aliphatic rings. The number of thioether (sulfide) groups is 1. The summed E-state index contributed by atoms with van der Waals surface area (Å²) in [4.78, 5) is 54.8. The minimum atomic E-state index is -0.697. The van der Waals surface area contributed by atoms with Gasteiger partial charge in [-0.05, 0) is 19.1 Å². The fourth-order valence-electron chi connectivity index (χ4n) is 3.93. The van der Waals surface area contributed by atoms with E-state index < -0.39 is 17.3 Å². The van der Waals surface area contributed by atoms with Crippen molar-refractivity contribution >= 4 is 40.4 Å². The van der Waals surface area contributed by atoms with Gasteiger partial charge in [0.1, 0.15) is 6.04 Å². The Morgan fingerprint density at radius 3 is 2.36 bits per heavy atom. The number of benzene rings is 1. The van der Waals surface area contributed by atoms with E-state index >= 15 is 0 Å². The van der Waals surface area contributed by atoms with Crippen molar-refractivity contribution in [3.63, 3.8) is 0 Å². The number of aryl methyl sites for hydroxylation is 2. The smallest absolute Gasteiger partial charge is 0.332 e. The number of hydrogen-bond donors (Lipinski definition) is 1. The van der Waals surface area contributed by atoms with Crippen molar-refractivity contribution in [1.29, 1.82) is 0 Å². The number of nitrogens with zero attached hydrogens (tertiary/aromatic N) is 6. The molecule has 0 saturated carbocycles. The van der Waals surface area contributed by atoms with Crippen molar-refractivity contribution in [3.05, 3.63) is 51.2 Å². The number of fused-ring (bicyclic) bond motifs is 1. The molecule has 0 unspecified atom stereocenters. The molecule has 1 saturated heterocycles. The number of hydrogen-bond acceptors (Lipinski definition) is 7. The highest BCUT2D eigenvalue weighted by molar-refractivity contribution is 7.99. The molecule has 0 spiro atoms. The number of para-hydroxylation sites is 1. The first-order valence-corrected chi connectivity index (χ1v) is 11.3. The van der Waals surface area contributed by atoms with Crippen LogP contribution in [0.4, 0.5) is 5.69 Å². The Hall–Kier alpha value is -3.38. The second-order valence-corrected chi connectivity index (χ2v) is 8.91. The van der Waals surface area contributed by atoms with Gasteiger partial charge >= 0.3 is 5.69 Å². The zero-order valence-corrected chi connectivity index (χ0v) is 19.8. The Morgan fingerprint density at radius 1 is 1.03 bits per heavy atom. The predicted octanol–water partition coefficient (Wildman–Crippen LogP) is -0.170. The number of hydrazine groups is 1. The molecular formula is C21H25N7O4S. The van der Waals surface area contributed by atoms with Gasteiger partial charge < -0.3 is 9.88 Å². The van der Waals surface area contributed by atoms with Crippen LogP contribution in [-0.2, 0) is 30.7 Å². The van der Waals surface area contributed by atoms with Crippen LogP contribution in [0.25, 0.3) is 11.2 Å². The maximum absolute atomic E-state index is 13.0. The molecule has 2 atom stereocenters. The topological polar surface area (TPSA) is 114 Å². The fourth-order valence-corrected chi connectivity index (χ4v) is 4.70. The molecule has 0 bridgehead atoms. The molecule has 11 nitrogen and oxygen atoms in total. The van der Waals surface area contributed by atoms with Crippen LogP contribution in [0.5, 0.6) is 0 Å². The zero-order valence-electron chi connectivity index (χ0n) is 19.0. The molecule has 1 N–H and O–H groups in total. The van der Waals surface area contributed by atoms with Crippen LogP contribution in [0.2, 0.25) is 0 Å². The lowest BCUT2D eigenvalue weighted by Gasteiger charge is -2.26. The van der Waals surface area contributed by atoms with Crippen LogP contribution < -0.4 is 21.6 Å². The molecule has 1 aliphatic heterocycles. The first-order valence-electron chi connectivity index (χ1n) is 10.3. The van der Waals surface area contributed by atoms with Crippen LogP contribution in [0.3, 0.4) is 0 Å². The van der Waals surface area contributed by atoms with Gasteiger partial charge in [0.05, 0.1) is 17.5 Å². The molecule has 0 radical (unpaired) electrons. The van der Waals surface area contributed by atoms with Gasteiger partial charge in [-0.15, -0.1) is 0 Å². The van der Waals surface area contributed by atoms with Crippen molar-refractivity contribution in [2.45, 2.75) is 24.2 Å². The Labute approximate surface area is 193 Å². The van der Waals surface area contributed by atoms with Crippen LogP contribution in [0.15, 0.2) is 45.1 Å². The standard InChI is InChI=1S/C21H25N7O4S/c1-12-15(18(30)28(27(12)5)13-9-7-6-8-10-13)22-14(29)11-33-20-23-17-16(24(20)2)19(31)26(4)21(32)25(17)3/h6-10,12,15H,11H2,1-5H3,(H,22,29)/t12-,15-/m0/s1. The monoisotopic (exact) mass is 471 g/mol. The fraction of sp³-hybridized carbons (Fsp3) is 0.381. The number of amides is 2. The van der Waals surface area contributed by atoms with Gasteiger partial charge in [-0.3, -0.25) is 23.5 Å². The Bertz CT molecular complexity index is 1360. The van der Waals surface area contributed by atoms with Gasteiger partial charge in [0.25, 0.3) is 11.5 Å². The molecule has 2 amide bonds. The van der Waals surface area contributed by atoms with Gasteiger partial charge in [0.2, 0.25) is 5.91 Å².